The molecule has 2 saturated heterocycles. The molecule has 2 aromatic carbocycles. The van der Waals surface area contributed by atoms with E-state index < -0.39 is 5.97 Å². The normalized spacial score (nSPS) is 21.0. The third-order valence-corrected chi connectivity index (χ3v) is 7.89. The smallest absolute Gasteiger partial charge is 0.306 e. The van der Waals surface area contributed by atoms with Crippen molar-refractivity contribution in [2.24, 2.45) is 17.0 Å². The van der Waals surface area contributed by atoms with Crippen molar-refractivity contribution in [1.29, 1.82) is 0 Å². The van der Waals surface area contributed by atoms with Crippen LogP contribution in [0.15, 0.2) is 53.7 Å². The first-order chi connectivity index (χ1) is 16.9. The number of amides is 1. The summed E-state index contributed by atoms with van der Waals surface area (Å²) in [6.07, 6.45) is 3.09. The molecule has 0 bridgehead atoms. The van der Waals surface area contributed by atoms with Gasteiger partial charge in [0.1, 0.15) is 0 Å². The minimum absolute atomic E-state index is 0.0219. The Morgan fingerprint density at radius 2 is 1.77 bits per heavy atom. The molecule has 7 heteroatoms. The number of likely N-dealkylation sites (tertiary alicyclic amines) is 1. The summed E-state index contributed by atoms with van der Waals surface area (Å²) < 4.78 is 0. The second-order valence-corrected chi connectivity index (χ2v) is 10.1. The molecule has 0 radical (unpaired) electrons. The lowest BCUT2D eigenvalue weighted by Gasteiger charge is -2.34. The molecule has 2 aliphatic rings. The average molecular weight is 478 g/mol. The summed E-state index contributed by atoms with van der Waals surface area (Å²) in [4.78, 5) is 39.2. The number of rotatable bonds is 8. The number of piperidine rings is 2. The summed E-state index contributed by atoms with van der Waals surface area (Å²) in [7, 11) is 1.80. The minimum atomic E-state index is -0.701. The molecule has 2 fully saturated rings. The number of aryl methyl sites for hydroxylation is 1. The SMILES string of the molecule is Cc1ccccc1C(CC(N=O)C1CCC(=O)N(C)C1)c1ccc(N2CCC(C(=O)O)CC2)cc1. The molecule has 0 spiro atoms. The fraction of sp³-hybridized carbons (Fsp3) is 0.500. The highest BCUT2D eigenvalue weighted by Gasteiger charge is 2.33. The maximum atomic E-state index is 12.0. The van der Waals surface area contributed by atoms with E-state index in [2.05, 4.69) is 53.4 Å². The molecule has 0 aliphatic carbocycles. The van der Waals surface area contributed by atoms with Gasteiger partial charge in [0, 0.05) is 50.6 Å². The van der Waals surface area contributed by atoms with Crippen molar-refractivity contribution in [2.75, 3.05) is 31.6 Å². The zero-order chi connectivity index (χ0) is 24.9. The molecule has 7 nitrogen and oxygen atoms in total. The van der Waals surface area contributed by atoms with Gasteiger partial charge in [0.15, 0.2) is 0 Å². The fourth-order valence-corrected chi connectivity index (χ4v) is 5.64. The van der Waals surface area contributed by atoms with E-state index in [9.17, 15) is 19.6 Å². The standard InChI is InChI=1S/C28H35N3O4/c1-19-5-3-4-6-24(19)25(17-26(29-35)22-9-12-27(32)30(2)18-22)20-7-10-23(11-8-20)31-15-13-21(14-16-31)28(33)34/h3-8,10-11,21-22,25-26H,9,12-18H2,1-2H3,(H,33,34). The number of nitrogens with zero attached hydrogens (tertiary/aromatic N) is 3. The van der Waals surface area contributed by atoms with Crippen LogP contribution in [0.3, 0.4) is 0 Å². The fourth-order valence-electron chi connectivity index (χ4n) is 5.64. The topological polar surface area (TPSA) is 90.3 Å². The highest BCUT2D eigenvalue weighted by Crippen LogP contribution is 2.36. The number of aliphatic carboxylic acids is 1. The van der Waals surface area contributed by atoms with Crippen molar-refractivity contribution in [3.05, 3.63) is 70.1 Å². The van der Waals surface area contributed by atoms with Gasteiger partial charge in [-0.2, -0.15) is 4.91 Å². The van der Waals surface area contributed by atoms with E-state index in [0.717, 1.165) is 24.3 Å². The molecule has 2 aliphatic heterocycles. The monoisotopic (exact) mass is 477 g/mol. The second-order valence-electron chi connectivity index (χ2n) is 10.1. The maximum Gasteiger partial charge on any atom is 0.306 e. The van der Waals surface area contributed by atoms with E-state index in [4.69, 9.17) is 0 Å². The van der Waals surface area contributed by atoms with Gasteiger partial charge in [-0.05, 0) is 61.4 Å². The Morgan fingerprint density at radius 3 is 2.37 bits per heavy atom. The van der Waals surface area contributed by atoms with Gasteiger partial charge in [-0.3, -0.25) is 9.59 Å². The number of hydrogen-bond donors (Lipinski definition) is 1. The van der Waals surface area contributed by atoms with E-state index in [1.165, 1.54) is 11.1 Å². The molecular formula is C28H35N3O4. The first-order valence-electron chi connectivity index (χ1n) is 12.6. The number of carbonyl (C=O) groups excluding carboxylic acids is 1. The van der Waals surface area contributed by atoms with Gasteiger partial charge in [0.25, 0.3) is 0 Å². The van der Waals surface area contributed by atoms with Crippen LogP contribution >= 0.6 is 0 Å². The Bertz CT molecular complexity index is 1050. The van der Waals surface area contributed by atoms with Crippen molar-refractivity contribution in [3.8, 4) is 0 Å². The zero-order valence-electron chi connectivity index (χ0n) is 20.6. The molecule has 1 N–H and O–H groups in total. The van der Waals surface area contributed by atoms with Crippen LogP contribution in [0.25, 0.3) is 0 Å². The molecule has 2 aromatic rings. The Kier molecular flexibility index (Phi) is 7.83. The van der Waals surface area contributed by atoms with Gasteiger partial charge >= 0.3 is 5.97 Å². The largest absolute Gasteiger partial charge is 0.481 e. The van der Waals surface area contributed by atoms with Crippen LogP contribution < -0.4 is 4.90 Å². The summed E-state index contributed by atoms with van der Waals surface area (Å²) in [6.45, 7) is 4.14. The molecule has 0 saturated carbocycles. The molecule has 3 unspecified atom stereocenters. The molecule has 2 heterocycles. The van der Waals surface area contributed by atoms with E-state index in [-0.39, 0.29) is 29.7 Å². The van der Waals surface area contributed by atoms with Gasteiger partial charge in [-0.15, -0.1) is 0 Å². The van der Waals surface area contributed by atoms with Crippen LogP contribution in [-0.2, 0) is 9.59 Å². The van der Waals surface area contributed by atoms with Crippen molar-refractivity contribution in [2.45, 2.75) is 51.0 Å². The Morgan fingerprint density at radius 1 is 1.09 bits per heavy atom. The zero-order valence-corrected chi connectivity index (χ0v) is 20.6. The van der Waals surface area contributed by atoms with Crippen molar-refractivity contribution >= 4 is 17.6 Å². The third-order valence-electron chi connectivity index (χ3n) is 7.89. The predicted molar refractivity (Wildman–Crippen MR) is 137 cm³/mol. The van der Waals surface area contributed by atoms with E-state index in [1.807, 2.05) is 12.1 Å². The van der Waals surface area contributed by atoms with Crippen molar-refractivity contribution < 1.29 is 14.7 Å². The van der Waals surface area contributed by atoms with E-state index >= 15 is 0 Å². The Balaban J connectivity index is 1.55. The summed E-state index contributed by atoms with van der Waals surface area (Å²) in [6, 6.07) is 16.4. The quantitative estimate of drug-likeness (QED) is 0.551. The number of benzene rings is 2. The van der Waals surface area contributed by atoms with Crippen LogP contribution in [-0.4, -0.2) is 54.6 Å². The molecule has 35 heavy (non-hydrogen) atoms. The summed E-state index contributed by atoms with van der Waals surface area (Å²) >= 11 is 0. The van der Waals surface area contributed by atoms with Gasteiger partial charge in [0.2, 0.25) is 5.91 Å². The van der Waals surface area contributed by atoms with Gasteiger partial charge in [0.05, 0.1) is 12.0 Å². The highest BCUT2D eigenvalue weighted by molar-refractivity contribution is 5.76. The van der Waals surface area contributed by atoms with Gasteiger partial charge < -0.3 is 14.9 Å². The lowest BCUT2D eigenvalue weighted by molar-refractivity contribution is -0.142. The van der Waals surface area contributed by atoms with Crippen LogP contribution in [0.4, 0.5) is 5.69 Å². The van der Waals surface area contributed by atoms with E-state index in [1.54, 1.807) is 11.9 Å². The number of carboxylic acid groups (broad SMARTS) is 1. The average Bonchev–Trinajstić information content (AvgIpc) is 2.87. The van der Waals surface area contributed by atoms with Crippen molar-refractivity contribution in [3.63, 3.8) is 0 Å². The summed E-state index contributed by atoms with van der Waals surface area (Å²) in [5, 5.41) is 12.8. The summed E-state index contributed by atoms with van der Waals surface area (Å²) in [5.41, 5.74) is 4.60. The lowest BCUT2D eigenvalue weighted by Crippen LogP contribution is -2.41. The maximum absolute atomic E-state index is 12.0. The Labute approximate surface area is 207 Å². The van der Waals surface area contributed by atoms with E-state index in [0.29, 0.717) is 38.6 Å². The number of carboxylic acids is 1. The van der Waals surface area contributed by atoms with Gasteiger partial charge in [-0.1, -0.05) is 41.6 Å². The van der Waals surface area contributed by atoms with Gasteiger partial charge in [-0.25, -0.2) is 0 Å². The molecule has 1 amide bonds. The van der Waals surface area contributed by atoms with Crippen LogP contribution in [0, 0.1) is 23.7 Å². The van der Waals surface area contributed by atoms with Crippen LogP contribution in [0.2, 0.25) is 0 Å². The van der Waals surface area contributed by atoms with Crippen molar-refractivity contribution in [1.82, 2.24) is 4.90 Å². The number of anilines is 1. The lowest BCUT2D eigenvalue weighted by atomic mass is 9.79. The summed E-state index contributed by atoms with van der Waals surface area (Å²) in [5.74, 6) is -0.736. The second kappa shape index (κ2) is 11.0. The first-order valence-corrected chi connectivity index (χ1v) is 12.6. The number of nitroso groups, excluding NO2 is 1. The number of hydrogen-bond acceptors (Lipinski definition) is 5. The van der Waals surface area contributed by atoms with Crippen LogP contribution in [0.1, 0.15) is 54.7 Å². The molecular weight excluding hydrogens is 442 g/mol. The Hall–Kier alpha value is -3.22. The molecule has 3 atom stereocenters. The minimum Gasteiger partial charge on any atom is -0.481 e. The molecule has 0 aromatic heterocycles. The van der Waals surface area contributed by atoms with Crippen LogP contribution in [0.5, 0.6) is 0 Å². The predicted octanol–water partition coefficient (Wildman–Crippen LogP) is 4.82. The third kappa shape index (κ3) is 5.72. The number of carbonyl (C=O) groups is 2. The molecule has 4 rings (SSSR count). The first kappa shape index (κ1) is 24.9. The highest BCUT2D eigenvalue weighted by atomic mass is 16.4. The molecule has 186 valence electrons.